The van der Waals surface area contributed by atoms with Crippen LogP contribution in [-0.2, 0) is 4.74 Å². The number of nitrogens with one attached hydrogen (secondary N) is 3. The lowest BCUT2D eigenvalue weighted by molar-refractivity contribution is 0.0527. The number of piperidine rings is 1. The highest BCUT2D eigenvalue weighted by Crippen LogP contribution is 2.27. The molecule has 1 aliphatic heterocycles. The number of hydrogen-bond acceptors (Lipinski definition) is 5. The minimum absolute atomic E-state index is 0.312. The number of anilines is 1. The van der Waals surface area contributed by atoms with Gasteiger partial charge in [0.1, 0.15) is 11.2 Å². The maximum atomic E-state index is 12.1. The van der Waals surface area contributed by atoms with Crippen LogP contribution in [0.3, 0.4) is 0 Å². The van der Waals surface area contributed by atoms with Gasteiger partial charge in [-0.15, -0.1) is 0 Å². The molecule has 1 atom stereocenters. The minimum atomic E-state index is -0.334. The standard InChI is InChI=1S/C15H20N4O2/c1-2-21-15(20)12-9-18-14-11(5-7-17-14)13(12)19-10-4-3-6-16-8-10/h5,7,9-10,16H,2-4,6,8H2,1H3,(H2,17,18,19). The molecule has 112 valence electrons. The number of pyridine rings is 1. The second kappa shape index (κ2) is 6.13. The first-order valence-electron chi connectivity index (χ1n) is 7.40. The average molecular weight is 288 g/mol. The summed E-state index contributed by atoms with van der Waals surface area (Å²) in [5, 5.41) is 7.79. The monoisotopic (exact) mass is 288 g/mol. The Morgan fingerprint density at radius 1 is 1.57 bits per heavy atom. The summed E-state index contributed by atoms with van der Waals surface area (Å²) >= 11 is 0. The lowest BCUT2D eigenvalue weighted by atomic mass is 10.1. The van der Waals surface area contributed by atoms with Crippen LogP contribution in [0, 0.1) is 0 Å². The zero-order valence-corrected chi connectivity index (χ0v) is 12.1. The molecule has 1 unspecified atom stereocenters. The van der Waals surface area contributed by atoms with Gasteiger partial charge in [0.15, 0.2) is 0 Å². The van der Waals surface area contributed by atoms with Crippen LogP contribution in [-0.4, -0.2) is 41.7 Å². The maximum absolute atomic E-state index is 12.1. The van der Waals surface area contributed by atoms with E-state index in [9.17, 15) is 4.79 Å². The first-order valence-corrected chi connectivity index (χ1v) is 7.40. The molecule has 2 aromatic rings. The lowest BCUT2D eigenvalue weighted by Gasteiger charge is -2.26. The molecule has 3 rings (SSSR count). The van der Waals surface area contributed by atoms with Crippen LogP contribution < -0.4 is 10.6 Å². The van der Waals surface area contributed by atoms with Crippen molar-refractivity contribution in [1.29, 1.82) is 0 Å². The van der Waals surface area contributed by atoms with E-state index in [2.05, 4.69) is 20.6 Å². The molecule has 21 heavy (non-hydrogen) atoms. The molecule has 0 aromatic carbocycles. The number of H-pyrrole nitrogens is 1. The summed E-state index contributed by atoms with van der Waals surface area (Å²) in [4.78, 5) is 19.5. The summed E-state index contributed by atoms with van der Waals surface area (Å²) in [7, 11) is 0. The van der Waals surface area contributed by atoms with Gasteiger partial charge >= 0.3 is 5.97 Å². The van der Waals surface area contributed by atoms with Gasteiger partial charge in [0.05, 0.1) is 12.3 Å². The third-order valence-corrected chi connectivity index (χ3v) is 3.73. The number of aromatic amines is 1. The molecule has 0 amide bonds. The molecule has 1 aliphatic rings. The molecule has 1 fully saturated rings. The van der Waals surface area contributed by atoms with E-state index in [4.69, 9.17) is 4.74 Å². The fourth-order valence-electron chi connectivity index (χ4n) is 2.71. The molecule has 0 aliphatic carbocycles. The number of fused-ring (bicyclic) bond motifs is 1. The molecule has 3 N–H and O–H groups in total. The maximum Gasteiger partial charge on any atom is 0.341 e. The van der Waals surface area contributed by atoms with Crippen LogP contribution >= 0.6 is 0 Å². The van der Waals surface area contributed by atoms with E-state index in [0.29, 0.717) is 18.2 Å². The Bertz CT molecular complexity index is 632. The Morgan fingerprint density at radius 2 is 2.48 bits per heavy atom. The Balaban J connectivity index is 1.97. The van der Waals surface area contributed by atoms with E-state index in [1.54, 1.807) is 13.1 Å². The van der Waals surface area contributed by atoms with Crippen molar-refractivity contribution in [1.82, 2.24) is 15.3 Å². The van der Waals surface area contributed by atoms with Gasteiger partial charge in [-0.2, -0.15) is 0 Å². The first kappa shape index (κ1) is 13.9. The van der Waals surface area contributed by atoms with E-state index >= 15 is 0 Å². The summed E-state index contributed by atoms with van der Waals surface area (Å²) in [6.45, 7) is 4.11. The second-order valence-corrected chi connectivity index (χ2v) is 5.19. The quantitative estimate of drug-likeness (QED) is 0.749. The Labute approximate surface area is 123 Å². The molecule has 6 heteroatoms. The molecule has 0 saturated carbocycles. The molecular formula is C15H20N4O2. The zero-order chi connectivity index (χ0) is 14.7. The van der Waals surface area contributed by atoms with Gasteiger partial charge in [0, 0.05) is 30.4 Å². The topological polar surface area (TPSA) is 79.0 Å². The van der Waals surface area contributed by atoms with Crippen LogP contribution in [0.25, 0.3) is 11.0 Å². The number of carbonyl (C=O) groups is 1. The summed E-state index contributed by atoms with van der Waals surface area (Å²) in [6, 6.07) is 2.25. The van der Waals surface area contributed by atoms with Crippen molar-refractivity contribution in [3.05, 3.63) is 24.0 Å². The summed E-state index contributed by atoms with van der Waals surface area (Å²) in [6.07, 6.45) is 5.63. The van der Waals surface area contributed by atoms with Crippen LogP contribution in [0.2, 0.25) is 0 Å². The number of hydrogen-bond donors (Lipinski definition) is 3. The molecule has 0 radical (unpaired) electrons. The van der Waals surface area contributed by atoms with Gasteiger partial charge in [0.2, 0.25) is 0 Å². The van der Waals surface area contributed by atoms with Crippen molar-refractivity contribution in [2.24, 2.45) is 0 Å². The number of aromatic nitrogens is 2. The van der Waals surface area contributed by atoms with E-state index < -0.39 is 0 Å². The zero-order valence-electron chi connectivity index (χ0n) is 12.1. The number of rotatable bonds is 4. The predicted molar refractivity (Wildman–Crippen MR) is 81.6 cm³/mol. The van der Waals surface area contributed by atoms with Crippen molar-refractivity contribution in [3.63, 3.8) is 0 Å². The molecule has 0 spiro atoms. The first-order chi connectivity index (χ1) is 10.3. The molecular weight excluding hydrogens is 268 g/mol. The molecule has 1 saturated heterocycles. The largest absolute Gasteiger partial charge is 0.462 e. The highest BCUT2D eigenvalue weighted by Gasteiger charge is 2.20. The highest BCUT2D eigenvalue weighted by molar-refractivity contribution is 6.04. The van der Waals surface area contributed by atoms with Gasteiger partial charge in [-0.25, -0.2) is 9.78 Å². The number of carbonyl (C=O) groups excluding carboxylic acids is 1. The van der Waals surface area contributed by atoms with Gasteiger partial charge in [-0.1, -0.05) is 0 Å². The number of nitrogens with zero attached hydrogens (tertiary/aromatic N) is 1. The molecule has 3 heterocycles. The van der Waals surface area contributed by atoms with Gasteiger partial charge in [-0.05, 0) is 32.4 Å². The summed E-state index contributed by atoms with van der Waals surface area (Å²) < 4.78 is 5.14. The van der Waals surface area contributed by atoms with Crippen molar-refractivity contribution in [2.45, 2.75) is 25.8 Å². The van der Waals surface area contributed by atoms with Crippen molar-refractivity contribution < 1.29 is 9.53 Å². The average Bonchev–Trinajstić information content (AvgIpc) is 2.98. The van der Waals surface area contributed by atoms with Crippen LogP contribution in [0.1, 0.15) is 30.1 Å². The molecule has 0 bridgehead atoms. The minimum Gasteiger partial charge on any atom is -0.462 e. The fourth-order valence-corrected chi connectivity index (χ4v) is 2.71. The van der Waals surface area contributed by atoms with Crippen LogP contribution in [0.5, 0.6) is 0 Å². The fraction of sp³-hybridized carbons (Fsp3) is 0.467. The Hall–Kier alpha value is -2.08. The van der Waals surface area contributed by atoms with Crippen molar-refractivity contribution >= 4 is 22.7 Å². The molecule has 6 nitrogen and oxygen atoms in total. The van der Waals surface area contributed by atoms with Crippen molar-refractivity contribution in [2.75, 3.05) is 25.0 Å². The van der Waals surface area contributed by atoms with E-state index in [-0.39, 0.29) is 5.97 Å². The van der Waals surface area contributed by atoms with E-state index in [0.717, 1.165) is 42.7 Å². The summed E-state index contributed by atoms with van der Waals surface area (Å²) in [5.74, 6) is -0.334. The smallest absolute Gasteiger partial charge is 0.341 e. The third kappa shape index (κ3) is 2.85. The Kier molecular flexibility index (Phi) is 4.06. The predicted octanol–water partition coefficient (Wildman–Crippen LogP) is 1.90. The van der Waals surface area contributed by atoms with E-state index in [1.807, 2.05) is 12.3 Å². The Morgan fingerprint density at radius 3 is 3.24 bits per heavy atom. The number of ether oxygens (including phenoxy) is 1. The van der Waals surface area contributed by atoms with Crippen LogP contribution in [0.15, 0.2) is 18.5 Å². The highest BCUT2D eigenvalue weighted by atomic mass is 16.5. The summed E-state index contributed by atoms with van der Waals surface area (Å²) in [5.41, 5.74) is 2.08. The van der Waals surface area contributed by atoms with Gasteiger partial charge in [0.25, 0.3) is 0 Å². The van der Waals surface area contributed by atoms with Crippen LogP contribution in [0.4, 0.5) is 5.69 Å². The van der Waals surface area contributed by atoms with Crippen molar-refractivity contribution in [3.8, 4) is 0 Å². The van der Waals surface area contributed by atoms with Gasteiger partial charge < -0.3 is 20.4 Å². The second-order valence-electron chi connectivity index (χ2n) is 5.19. The lowest BCUT2D eigenvalue weighted by Crippen LogP contribution is -2.38. The molecule has 2 aromatic heterocycles. The SMILES string of the molecule is CCOC(=O)c1cnc2[nH]ccc2c1NC1CCCNC1. The number of esters is 1. The normalized spacial score (nSPS) is 18.6. The third-order valence-electron chi connectivity index (χ3n) is 3.73. The van der Waals surface area contributed by atoms with E-state index in [1.165, 1.54) is 0 Å². The van der Waals surface area contributed by atoms with Gasteiger partial charge in [-0.3, -0.25) is 0 Å².